The van der Waals surface area contributed by atoms with E-state index in [-0.39, 0.29) is 0 Å². The average Bonchev–Trinajstić information content (AvgIpc) is 2.62. The molecule has 0 atom stereocenters. The van der Waals surface area contributed by atoms with Crippen LogP contribution in [-0.4, -0.2) is 38.0 Å². The molecule has 0 saturated carbocycles. The molecule has 0 unspecified atom stereocenters. The molecule has 25 heavy (non-hydrogen) atoms. The van der Waals surface area contributed by atoms with Gasteiger partial charge in [-0.05, 0) is 25.7 Å². The standard InChI is InChI=1S/C23H48NO/c1-3-4-5-6-7-8-9-10-11-12-13-14-15-19-22-25-23-24(2)20-17-16-18-21-24/h3-23H2,1-2H3/q+1. The monoisotopic (exact) mass is 354 g/mol. The zero-order chi connectivity index (χ0) is 18.1. The van der Waals surface area contributed by atoms with Crippen LogP contribution in [0.3, 0.4) is 0 Å². The second-order valence-electron chi connectivity index (χ2n) is 8.76. The van der Waals surface area contributed by atoms with E-state index in [4.69, 9.17) is 4.74 Å². The van der Waals surface area contributed by atoms with Crippen molar-refractivity contribution >= 4 is 0 Å². The highest BCUT2D eigenvalue weighted by Gasteiger charge is 2.24. The minimum atomic E-state index is 0.943. The topological polar surface area (TPSA) is 9.23 Å². The Bertz CT molecular complexity index is 273. The second kappa shape index (κ2) is 16.1. The highest BCUT2D eigenvalue weighted by Crippen LogP contribution is 2.16. The molecule has 150 valence electrons. The Labute approximate surface area is 159 Å². The van der Waals surface area contributed by atoms with Gasteiger partial charge in [-0.3, -0.25) is 0 Å². The number of likely N-dealkylation sites (tertiary alicyclic amines) is 1. The lowest BCUT2D eigenvalue weighted by Gasteiger charge is -2.37. The quantitative estimate of drug-likeness (QED) is 0.200. The summed E-state index contributed by atoms with van der Waals surface area (Å²) in [6.07, 6.45) is 24.2. The first-order valence-corrected chi connectivity index (χ1v) is 11.7. The molecule has 2 heteroatoms. The van der Waals surface area contributed by atoms with Crippen LogP contribution in [-0.2, 0) is 4.74 Å². The summed E-state index contributed by atoms with van der Waals surface area (Å²) in [5, 5.41) is 0. The Hall–Kier alpha value is -0.0800. The molecular formula is C23H48NO+. The van der Waals surface area contributed by atoms with Crippen LogP contribution < -0.4 is 0 Å². The number of hydrogen-bond donors (Lipinski definition) is 0. The Kier molecular flexibility index (Phi) is 14.8. The maximum Gasteiger partial charge on any atom is 0.182 e. The smallest absolute Gasteiger partial charge is 0.182 e. The second-order valence-corrected chi connectivity index (χ2v) is 8.76. The van der Waals surface area contributed by atoms with Crippen molar-refractivity contribution in [3.8, 4) is 0 Å². The number of quaternary nitrogens is 1. The molecular weight excluding hydrogens is 306 g/mol. The Morgan fingerprint density at radius 3 is 1.52 bits per heavy atom. The van der Waals surface area contributed by atoms with E-state index in [2.05, 4.69) is 14.0 Å². The molecule has 0 aromatic heterocycles. The summed E-state index contributed by atoms with van der Waals surface area (Å²) in [7, 11) is 2.37. The largest absolute Gasteiger partial charge is 0.332 e. The number of nitrogens with zero attached hydrogens (tertiary/aromatic N) is 1. The van der Waals surface area contributed by atoms with Crippen molar-refractivity contribution in [2.45, 2.75) is 116 Å². The van der Waals surface area contributed by atoms with Gasteiger partial charge in [-0.2, -0.15) is 0 Å². The zero-order valence-corrected chi connectivity index (χ0v) is 17.7. The maximum atomic E-state index is 5.96. The minimum Gasteiger partial charge on any atom is -0.332 e. The van der Waals surface area contributed by atoms with Gasteiger partial charge in [-0.25, -0.2) is 0 Å². The molecule has 0 aromatic carbocycles. The summed E-state index contributed by atoms with van der Waals surface area (Å²) in [5.74, 6) is 0. The van der Waals surface area contributed by atoms with E-state index in [0.717, 1.165) is 17.8 Å². The van der Waals surface area contributed by atoms with E-state index in [1.54, 1.807) is 0 Å². The first-order valence-electron chi connectivity index (χ1n) is 11.7. The van der Waals surface area contributed by atoms with Crippen LogP contribution in [0.2, 0.25) is 0 Å². The van der Waals surface area contributed by atoms with Crippen LogP contribution in [0.5, 0.6) is 0 Å². The summed E-state index contributed by atoms with van der Waals surface area (Å²) < 4.78 is 7.11. The zero-order valence-electron chi connectivity index (χ0n) is 17.7. The number of rotatable bonds is 17. The maximum absolute atomic E-state index is 5.96. The van der Waals surface area contributed by atoms with Crippen molar-refractivity contribution in [3.63, 3.8) is 0 Å². The van der Waals surface area contributed by atoms with Crippen molar-refractivity contribution in [3.05, 3.63) is 0 Å². The van der Waals surface area contributed by atoms with Crippen molar-refractivity contribution in [2.75, 3.05) is 33.5 Å². The predicted octanol–water partition coefficient (Wildman–Crippen LogP) is 7.07. The summed E-state index contributed by atoms with van der Waals surface area (Å²) in [4.78, 5) is 0. The van der Waals surface area contributed by atoms with Crippen LogP contribution in [0.25, 0.3) is 0 Å². The van der Waals surface area contributed by atoms with Gasteiger partial charge in [0.15, 0.2) is 6.73 Å². The average molecular weight is 355 g/mol. The molecule has 0 N–H and O–H groups in total. The first-order chi connectivity index (χ1) is 12.3. The molecule has 0 aliphatic carbocycles. The van der Waals surface area contributed by atoms with Crippen molar-refractivity contribution in [1.82, 2.24) is 0 Å². The lowest BCUT2D eigenvalue weighted by molar-refractivity contribution is -0.932. The van der Waals surface area contributed by atoms with Gasteiger partial charge in [0.25, 0.3) is 0 Å². The third kappa shape index (κ3) is 13.7. The highest BCUT2D eigenvalue weighted by atomic mass is 16.5. The van der Waals surface area contributed by atoms with Gasteiger partial charge in [0.05, 0.1) is 26.7 Å². The Morgan fingerprint density at radius 1 is 0.600 bits per heavy atom. The number of piperidine rings is 1. The summed E-state index contributed by atoms with van der Waals surface area (Å²) in [6, 6.07) is 0. The van der Waals surface area contributed by atoms with E-state index in [9.17, 15) is 0 Å². The van der Waals surface area contributed by atoms with Crippen LogP contribution in [0.4, 0.5) is 0 Å². The Morgan fingerprint density at radius 2 is 1.04 bits per heavy atom. The van der Waals surface area contributed by atoms with Gasteiger partial charge < -0.3 is 9.22 Å². The van der Waals surface area contributed by atoms with E-state index in [0.29, 0.717) is 0 Å². The molecule has 1 fully saturated rings. The summed E-state index contributed by atoms with van der Waals surface area (Å²) >= 11 is 0. The third-order valence-corrected chi connectivity index (χ3v) is 5.94. The molecule has 0 amide bonds. The van der Waals surface area contributed by atoms with Gasteiger partial charge in [0.1, 0.15) is 0 Å². The van der Waals surface area contributed by atoms with Crippen molar-refractivity contribution in [2.24, 2.45) is 0 Å². The fourth-order valence-corrected chi connectivity index (χ4v) is 4.09. The van der Waals surface area contributed by atoms with E-state index < -0.39 is 0 Å². The third-order valence-electron chi connectivity index (χ3n) is 5.94. The molecule has 1 heterocycles. The van der Waals surface area contributed by atoms with E-state index >= 15 is 0 Å². The predicted molar refractivity (Wildman–Crippen MR) is 111 cm³/mol. The van der Waals surface area contributed by atoms with Crippen LogP contribution >= 0.6 is 0 Å². The van der Waals surface area contributed by atoms with Crippen LogP contribution in [0.15, 0.2) is 0 Å². The molecule has 2 nitrogen and oxygen atoms in total. The van der Waals surface area contributed by atoms with Gasteiger partial charge >= 0.3 is 0 Å². The van der Waals surface area contributed by atoms with Crippen LogP contribution in [0, 0.1) is 0 Å². The Balaban J connectivity index is 1.72. The van der Waals surface area contributed by atoms with Gasteiger partial charge in [0.2, 0.25) is 0 Å². The lowest BCUT2D eigenvalue weighted by atomic mass is 10.0. The van der Waals surface area contributed by atoms with Crippen molar-refractivity contribution in [1.29, 1.82) is 0 Å². The number of unbranched alkanes of at least 4 members (excludes halogenated alkanes) is 13. The fourth-order valence-electron chi connectivity index (χ4n) is 4.09. The molecule has 0 aromatic rings. The molecule has 1 rings (SSSR count). The van der Waals surface area contributed by atoms with E-state index in [1.807, 2.05) is 0 Å². The minimum absolute atomic E-state index is 0.943. The molecule has 1 saturated heterocycles. The normalized spacial score (nSPS) is 17.0. The molecule has 1 aliphatic heterocycles. The molecule has 0 spiro atoms. The number of ether oxygens (including phenoxy) is 1. The van der Waals surface area contributed by atoms with Crippen LogP contribution in [0.1, 0.15) is 116 Å². The highest BCUT2D eigenvalue weighted by molar-refractivity contribution is 4.50. The molecule has 0 bridgehead atoms. The van der Waals surface area contributed by atoms with E-state index in [1.165, 1.54) is 122 Å². The molecule has 1 aliphatic rings. The summed E-state index contributed by atoms with van der Waals surface area (Å²) in [6.45, 7) is 6.85. The SMILES string of the molecule is CCCCCCCCCCCCCCCCOC[N+]1(C)CCCCC1. The number of hydrogen-bond acceptors (Lipinski definition) is 1. The fraction of sp³-hybridized carbons (Fsp3) is 1.00. The van der Waals surface area contributed by atoms with Gasteiger partial charge in [0, 0.05) is 0 Å². The van der Waals surface area contributed by atoms with Gasteiger partial charge in [-0.1, -0.05) is 90.4 Å². The first kappa shape index (κ1) is 23.0. The van der Waals surface area contributed by atoms with Gasteiger partial charge in [-0.15, -0.1) is 0 Å². The summed E-state index contributed by atoms with van der Waals surface area (Å²) in [5.41, 5.74) is 0. The lowest BCUT2D eigenvalue weighted by Crippen LogP contribution is -2.49. The molecule has 0 radical (unpaired) electrons. The van der Waals surface area contributed by atoms with Crippen molar-refractivity contribution < 1.29 is 9.22 Å².